The summed E-state index contributed by atoms with van der Waals surface area (Å²) in [7, 11) is 0. The lowest BCUT2D eigenvalue weighted by Crippen LogP contribution is -2.05. The van der Waals surface area contributed by atoms with Gasteiger partial charge >= 0.3 is 0 Å². The third-order valence-electron chi connectivity index (χ3n) is 10.7. The fourth-order valence-corrected chi connectivity index (χ4v) is 8.08. The lowest BCUT2D eigenvalue weighted by atomic mass is 10.0. The summed E-state index contributed by atoms with van der Waals surface area (Å²) in [5, 5.41) is 5.01. The molecule has 4 heteroatoms. The Morgan fingerprint density at radius 2 is 0.882 bits per heavy atom. The van der Waals surface area contributed by atoms with Crippen molar-refractivity contribution in [2.24, 2.45) is 0 Å². The lowest BCUT2D eigenvalue weighted by molar-refractivity contribution is 0.670. The molecule has 0 aliphatic heterocycles. The van der Waals surface area contributed by atoms with Gasteiger partial charge in [-0.25, -0.2) is 4.98 Å². The van der Waals surface area contributed by atoms with E-state index < -0.39 is 0 Å². The highest BCUT2D eigenvalue weighted by molar-refractivity contribution is 6.10. The average molecular weight is 657 g/mol. The summed E-state index contributed by atoms with van der Waals surface area (Å²) in [6, 6.07) is 59.6. The second-order valence-corrected chi connectivity index (χ2v) is 13.6. The van der Waals surface area contributed by atoms with Crippen LogP contribution >= 0.6 is 0 Å². The van der Waals surface area contributed by atoms with E-state index in [1.165, 1.54) is 43.6 Å². The van der Waals surface area contributed by atoms with Crippen molar-refractivity contribution in [2.75, 3.05) is 0 Å². The second kappa shape index (κ2) is 11.6. The first kappa shape index (κ1) is 29.5. The van der Waals surface area contributed by atoms with Gasteiger partial charge in [0.05, 0.1) is 33.1 Å². The average Bonchev–Trinajstić information content (AvgIpc) is 3.86. The van der Waals surface area contributed by atoms with Gasteiger partial charge in [-0.2, -0.15) is 0 Å². The third kappa shape index (κ3) is 4.56. The Labute approximate surface area is 296 Å². The van der Waals surface area contributed by atoms with Gasteiger partial charge in [0.15, 0.2) is 0 Å². The molecule has 244 valence electrons. The van der Waals surface area contributed by atoms with Crippen LogP contribution in [-0.4, -0.2) is 18.7 Å². The molecule has 0 spiro atoms. The fraction of sp³-hybridized carbons (Fsp3) is 0.0851. The molecule has 0 bridgehead atoms. The van der Waals surface area contributed by atoms with Crippen LogP contribution in [0.15, 0.2) is 164 Å². The number of hydrogen-bond donors (Lipinski definition) is 0. The van der Waals surface area contributed by atoms with Gasteiger partial charge in [0.2, 0.25) is 0 Å². The molecule has 51 heavy (non-hydrogen) atoms. The summed E-state index contributed by atoms with van der Waals surface area (Å²) in [5.41, 5.74) is 12.6. The number of nitrogens with zero attached hydrogens (tertiary/aromatic N) is 4. The molecule has 1 atom stereocenters. The summed E-state index contributed by atoms with van der Waals surface area (Å²) in [5.74, 6) is 1.42. The van der Waals surface area contributed by atoms with Crippen LogP contribution in [-0.2, 0) is 0 Å². The van der Waals surface area contributed by atoms with E-state index in [2.05, 4.69) is 191 Å². The first-order valence-electron chi connectivity index (χ1n) is 17.9. The normalized spacial score (nSPS) is 12.5. The van der Waals surface area contributed by atoms with Crippen molar-refractivity contribution in [1.82, 2.24) is 18.7 Å². The highest BCUT2D eigenvalue weighted by atomic mass is 15.1. The molecule has 0 amide bonds. The minimum Gasteiger partial charge on any atom is -0.309 e. The SMILES string of the molecule is CCC(C)c1nc2ccccc2n1-c1cccc(-c2cc(-n3c4ccccc4c4ccccc43)cc(-n3c4ccccc4c4ccccc43)c2)c1. The maximum atomic E-state index is 5.13. The van der Waals surface area contributed by atoms with Gasteiger partial charge in [0.1, 0.15) is 5.82 Å². The monoisotopic (exact) mass is 656 g/mol. The zero-order chi connectivity index (χ0) is 34.1. The largest absolute Gasteiger partial charge is 0.309 e. The Morgan fingerprint density at radius 1 is 0.431 bits per heavy atom. The Hall–Kier alpha value is -6.39. The molecular formula is C47H36N4. The smallest absolute Gasteiger partial charge is 0.117 e. The van der Waals surface area contributed by atoms with Gasteiger partial charge < -0.3 is 9.13 Å². The molecule has 0 fully saturated rings. The molecule has 0 aliphatic carbocycles. The van der Waals surface area contributed by atoms with Crippen molar-refractivity contribution in [2.45, 2.75) is 26.2 Å². The zero-order valence-electron chi connectivity index (χ0n) is 28.7. The molecule has 0 radical (unpaired) electrons. The number of imidazole rings is 1. The molecule has 1 unspecified atom stereocenters. The third-order valence-corrected chi connectivity index (χ3v) is 10.7. The molecule has 3 aromatic heterocycles. The molecular weight excluding hydrogens is 621 g/mol. The van der Waals surface area contributed by atoms with Crippen LogP contribution in [0.3, 0.4) is 0 Å². The van der Waals surface area contributed by atoms with Crippen molar-refractivity contribution >= 4 is 54.6 Å². The second-order valence-electron chi connectivity index (χ2n) is 13.6. The highest BCUT2D eigenvalue weighted by Gasteiger charge is 2.19. The first-order chi connectivity index (χ1) is 25.2. The predicted octanol–water partition coefficient (Wildman–Crippen LogP) is 12.4. The molecule has 10 aromatic rings. The van der Waals surface area contributed by atoms with Crippen molar-refractivity contribution < 1.29 is 0 Å². The van der Waals surface area contributed by atoms with E-state index in [1.807, 2.05) is 0 Å². The number of benzene rings is 7. The Kier molecular flexibility index (Phi) is 6.72. The Bertz CT molecular complexity index is 2700. The fourth-order valence-electron chi connectivity index (χ4n) is 8.08. The van der Waals surface area contributed by atoms with Crippen molar-refractivity contribution in [1.29, 1.82) is 0 Å². The number of fused-ring (bicyclic) bond motifs is 7. The molecule has 4 nitrogen and oxygen atoms in total. The van der Waals surface area contributed by atoms with Crippen molar-refractivity contribution in [3.63, 3.8) is 0 Å². The topological polar surface area (TPSA) is 27.7 Å². The molecule has 0 aliphatic rings. The Balaban J connectivity index is 1.27. The maximum absolute atomic E-state index is 5.13. The summed E-state index contributed by atoms with van der Waals surface area (Å²) in [6.07, 6.45) is 1.02. The summed E-state index contributed by atoms with van der Waals surface area (Å²) in [4.78, 5) is 5.13. The van der Waals surface area contributed by atoms with E-state index in [9.17, 15) is 0 Å². The standard InChI is InChI=1S/C47H36N4/c1-3-31(2)47-48-41-21-8-13-26-46(41)51(47)34-16-14-15-32(27-34)33-28-35(49-42-22-9-4-17-37(42)38-18-5-10-23-43(38)49)30-36(29-33)50-44-24-11-6-19-39(44)40-20-7-12-25-45(40)50/h4-31H,3H2,1-2H3. The number of para-hydroxylation sites is 6. The van der Waals surface area contributed by atoms with Crippen LogP contribution in [0, 0.1) is 0 Å². The van der Waals surface area contributed by atoms with Gasteiger partial charge in [0, 0.05) is 44.5 Å². The van der Waals surface area contributed by atoms with Gasteiger partial charge in [-0.3, -0.25) is 4.57 Å². The maximum Gasteiger partial charge on any atom is 0.117 e. The van der Waals surface area contributed by atoms with Gasteiger partial charge in [-0.1, -0.05) is 111 Å². The first-order valence-corrected chi connectivity index (χ1v) is 17.9. The quantitative estimate of drug-likeness (QED) is 0.175. The lowest BCUT2D eigenvalue weighted by Gasteiger charge is -2.17. The number of aromatic nitrogens is 4. The molecule has 0 saturated heterocycles. The molecule has 0 saturated carbocycles. The molecule has 3 heterocycles. The van der Waals surface area contributed by atoms with Crippen molar-refractivity contribution in [3.05, 3.63) is 170 Å². The highest BCUT2D eigenvalue weighted by Crippen LogP contribution is 2.38. The van der Waals surface area contributed by atoms with Crippen LogP contribution in [0.4, 0.5) is 0 Å². The number of rotatable bonds is 6. The summed E-state index contributed by atoms with van der Waals surface area (Å²) in [6.45, 7) is 4.51. The van der Waals surface area contributed by atoms with E-state index in [4.69, 9.17) is 4.98 Å². The molecule has 0 N–H and O–H groups in total. The van der Waals surface area contributed by atoms with E-state index >= 15 is 0 Å². The van der Waals surface area contributed by atoms with Crippen molar-refractivity contribution in [3.8, 4) is 28.2 Å². The van der Waals surface area contributed by atoms with Crippen LogP contribution in [0.1, 0.15) is 32.0 Å². The van der Waals surface area contributed by atoms with Gasteiger partial charge in [-0.05, 0) is 84.3 Å². The van der Waals surface area contributed by atoms with E-state index in [0.29, 0.717) is 5.92 Å². The minimum atomic E-state index is 0.321. The molecule has 7 aromatic carbocycles. The van der Waals surface area contributed by atoms with E-state index in [-0.39, 0.29) is 0 Å². The molecule has 10 rings (SSSR count). The predicted molar refractivity (Wildman–Crippen MR) is 214 cm³/mol. The van der Waals surface area contributed by atoms with Crippen LogP contribution in [0.25, 0.3) is 82.8 Å². The number of hydrogen-bond acceptors (Lipinski definition) is 1. The van der Waals surface area contributed by atoms with Crippen LogP contribution in [0.5, 0.6) is 0 Å². The van der Waals surface area contributed by atoms with E-state index in [0.717, 1.165) is 51.5 Å². The van der Waals surface area contributed by atoms with Crippen LogP contribution in [0.2, 0.25) is 0 Å². The van der Waals surface area contributed by atoms with Gasteiger partial charge in [0.25, 0.3) is 0 Å². The van der Waals surface area contributed by atoms with E-state index in [1.54, 1.807) is 0 Å². The van der Waals surface area contributed by atoms with Crippen LogP contribution < -0.4 is 0 Å². The zero-order valence-corrected chi connectivity index (χ0v) is 28.7. The Morgan fingerprint density at radius 3 is 1.39 bits per heavy atom. The summed E-state index contributed by atoms with van der Waals surface area (Å²) < 4.78 is 7.22. The summed E-state index contributed by atoms with van der Waals surface area (Å²) >= 11 is 0. The minimum absolute atomic E-state index is 0.321. The van der Waals surface area contributed by atoms with Gasteiger partial charge in [-0.15, -0.1) is 0 Å².